The summed E-state index contributed by atoms with van der Waals surface area (Å²) in [5.74, 6) is -1.50. The summed E-state index contributed by atoms with van der Waals surface area (Å²) in [6.45, 7) is 0. The number of aromatic nitrogens is 1. The molecule has 0 atom stereocenters. The molecular formula is C13H9F4N3O. The Hall–Kier alpha value is -2.64. The largest absolute Gasteiger partial charge is 0.433 e. The lowest BCUT2D eigenvalue weighted by Crippen LogP contribution is -2.15. The van der Waals surface area contributed by atoms with Gasteiger partial charge >= 0.3 is 6.18 Å². The molecule has 8 heteroatoms. The van der Waals surface area contributed by atoms with Crippen molar-refractivity contribution in [3.8, 4) is 0 Å². The van der Waals surface area contributed by atoms with Crippen molar-refractivity contribution < 1.29 is 22.4 Å². The van der Waals surface area contributed by atoms with E-state index in [4.69, 9.17) is 5.73 Å². The molecule has 2 aromatic rings. The number of pyridine rings is 1. The van der Waals surface area contributed by atoms with E-state index in [1.165, 1.54) is 12.1 Å². The number of alkyl halides is 3. The molecule has 1 aromatic heterocycles. The first-order chi connectivity index (χ1) is 9.79. The zero-order valence-corrected chi connectivity index (χ0v) is 10.4. The van der Waals surface area contributed by atoms with Gasteiger partial charge in [-0.05, 0) is 24.3 Å². The molecule has 0 unspecified atom stereocenters. The van der Waals surface area contributed by atoms with Crippen molar-refractivity contribution in [2.75, 3.05) is 11.1 Å². The van der Waals surface area contributed by atoms with Crippen LogP contribution in [0.4, 0.5) is 28.9 Å². The summed E-state index contributed by atoms with van der Waals surface area (Å²) in [6, 6.07) is 5.45. The summed E-state index contributed by atoms with van der Waals surface area (Å²) < 4.78 is 50.2. The molecule has 1 amide bonds. The Kier molecular flexibility index (Phi) is 3.79. The molecule has 0 spiro atoms. The maximum Gasteiger partial charge on any atom is 0.433 e. The van der Waals surface area contributed by atoms with Gasteiger partial charge in [0.2, 0.25) is 0 Å². The number of anilines is 2. The van der Waals surface area contributed by atoms with Crippen LogP contribution in [-0.4, -0.2) is 10.9 Å². The summed E-state index contributed by atoms with van der Waals surface area (Å²) >= 11 is 0. The number of hydrogen-bond acceptors (Lipinski definition) is 3. The molecule has 21 heavy (non-hydrogen) atoms. The molecule has 0 fully saturated rings. The highest BCUT2D eigenvalue weighted by Crippen LogP contribution is 2.28. The lowest BCUT2D eigenvalue weighted by Gasteiger charge is -2.09. The van der Waals surface area contributed by atoms with Crippen LogP contribution in [0.3, 0.4) is 0 Å². The highest BCUT2D eigenvalue weighted by molar-refractivity contribution is 6.07. The van der Waals surface area contributed by atoms with E-state index in [1.807, 2.05) is 0 Å². The van der Waals surface area contributed by atoms with Crippen molar-refractivity contribution in [2.45, 2.75) is 6.18 Å². The molecule has 0 saturated carbocycles. The highest BCUT2D eigenvalue weighted by atomic mass is 19.4. The van der Waals surface area contributed by atoms with Gasteiger partial charge in [-0.3, -0.25) is 4.79 Å². The van der Waals surface area contributed by atoms with Gasteiger partial charge in [-0.1, -0.05) is 6.07 Å². The molecule has 0 aliphatic carbocycles. The lowest BCUT2D eigenvalue weighted by molar-refractivity contribution is -0.141. The van der Waals surface area contributed by atoms with E-state index < -0.39 is 23.6 Å². The molecule has 0 saturated heterocycles. The zero-order chi connectivity index (χ0) is 15.6. The number of benzene rings is 1. The molecule has 2 rings (SSSR count). The summed E-state index contributed by atoms with van der Waals surface area (Å²) in [4.78, 5) is 15.1. The molecule has 0 aliphatic rings. The number of para-hydroxylation sites is 1. The molecule has 1 aromatic carbocycles. The number of halogens is 4. The topological polar surface area (TPSA) is 68.0 Å². The molecule has 0 bridgehead atoms. The molecular weight excluding hydrogens is 290 g/mol. The Labute approximate surface area is 116 Å². The van der Waals surface area contributed by atoms with E-state index in [0.717, 1.165) is 24.4 Å². The van der Waals surface area contributed by atoms with Gasteiger partial charge in [-0.2, -0.15) is 13.2 Å². The van der Waals surface area contributed by atoms with Crippen molar-refractivity contribution in [3.05, 3.63) is 53.6 Å². The number of nitrogens with one attached hydrogen (secondary N) is 1. The van der Waals surface area contributed by atoms with E-state index in [9.17, 15) is 22.4 Å². The second-order valence-electron chi connectivity index (χ2n) is 4.09. The fourth-order valence-electron chi connectivity index (χ4n) is 1.57. The molecule has 110 valence electrons. The summed E-state index contributed by atoms with van der Waals surface area (Å²) in [6.07, 6.45) is -3.70. The minimum atomic E-state index is -4.56. The zero-order valence-electron chi connectivity index (χ0n) is 10.4. The van der Waals surface area contributed by atoms with Crippen molar-refractivity contribution >= 4 is 17.3 Å². The Morgan fingerprint density at radius 1 is 1.19 bits per heavy atom. The van der Waals surface area contributed by atoms with Crippen LogP contribution in [0.1, 0.15) is 16.1 Å². The second kappa shape index (κ2) is 5.39. The van der Waals surface area contributed by atoms with Crippen LogP contribution in [0.25, 0.3) is 0 Å². The summed E-state index contributed by atoms with van der Waals surface area (Å²) in [5, 5.41) is 2.29. The van der Waals surface area contributed by atoms with Crippen LogP contribution < -0.4 is 11.1 Å². The molecule has 4 nitrogen and oxygen atoms in total. The standard InChI is InChI=1S/C13H9F4N3O/c14-9-3-1-2-8(11(9)18)12(21)20-7-4-5-10(19-6-7)13(15,16)17/h1-6H,18H2,(H,20,21). The SMILES string of the molecule is Nc1c(F)cccc1C(=O)Nc1ccc(C(F)(F)F)nc1. The van der Waals surface area contributed by atoms with Crippen molar-refractivity contribution in [2.24, 2.45) is 0 Å². The fraction of sp³-hybridized carbons (Fsp3) is 0.0769. The van der Waals surface area contributed by atoms with E-state index in [2.05, 4.69) is 10.3 Å². The van der Waals surface area contributed by atoms with Crippen molar-refractivity contribution in [1.82, 2.24) is 4.98 Å². The average Bonchev–Trinajstić information content (AvgIpc) is 2.41. The minimum Gasteiger partial charge on any atom is -0.396 e. The number of nitrogen functional groups attached to an aromatic ring is 1. The Bertz CT molecular complexity index is 668. The molecule has 0 aliphatic heterocycles. The molecule has 0 radical (unpaired) electrons. The predicted octanol–water partition coefficient (Wildman–Crippen LogP) is 3.07. The number of nitrogens with zero attached hydrogens (tertiary/aromatic N) is 1. The number of nitrogens with two attached hydrogens (primary N) is 1. The van der Waals surface area contributed by atoms with Gasteiger partial charge in [0.1, 0.15) is 11.5 Å². The van der Waals surface area contributed by atoms with Gasteiger partial charge in [0.25, 0.3) is 5.91 Å². The van der Waals surface area contributed by atoms with E-state index in [1.54, 1.807) is 0 Å². The number of carbonyl (C=O) groups excluding carboxylic acids is 1. The minimum absolute atomic E-state index is 0.0386. The molecule has 1 heterocycles. The number of amides is 1. The maximum absolute atomic E-state index is 13.2. The van der Waals surface area contributed by atoms with Gasteiger partial charge in [0.05, 0.1) is 23.1 Å². The van der Waals surface area contributed by atoms with Crippen LogP contribution >= 0.6 is 0 Å². The lowest BCUT2D eigenvalue weighted by atomic mass is 10.1. The van der Waals surface area contributed by atoms with Crippen LogP contribution in [-0.2, 0) is 6.18 Å². The number of rotatable bonds is 2. The second-order valence-corrected chi connectivity index (χ2v) is 4.09. The Morgan fingerprint density at radius 3 is 2.48 bits per heavy atom. The monoisotopic (exact) mass is 299 g/mol. The first-order valence-electron chi connectivity index (χ1n) is 5.67. The van der Waals surface area contributed by atoms with Crippen LogP contribution in [0.2, 0.25) is 0 Å². The van der Waals surface area contributed by atoms with Gasteiger partial charge in [-0.15, -0.1) is 0 Å². The highest BCUT2D eigenvalue weighted by Gasteiger charge is 2.32. The van der Waals surface area contributed by atoms with Gasteiger partial charge < -0.3 is 11.1 Å². The quantitative estimate of drug-likeness (QED) is 0.661. The van der Waals surface area contributed by atoms with Crippen LogP contribution in [0.15, 0.2) is 36.5 Å². The van der Waals surface area contributed by atoms with Crippen LogP contribution in [0, 0.1) is 5.82 Å². The first-order valence-corrected chi connectivity index (χ1v) is 5.67. The first kappa shape index (κ1) is 14.8. The Morgan fingerprint density at radius 2 is 1.90 bits per heavy atom. The van der Waals surface area contributed by atoms with Crippen LogP contribution in [0.5, 0.6) is 0 Å². The fourth-order valence-corrected chi connectivity index (χ4v) is 1.57. The average molecular weight is 299 g/mol. The normalized spacial score (nSPS) is 11.2. The van der Waals surface area contributed by atoms with Crippen molar-refractivity contribution in [1.29, 1.82) is 0 Å². The maximum atomic E-state index is 13.2. The predicted molar refractivity (Wildman–Crippen MR) is 68.0 cm³/mol. The van der Waals surface area contributed by atoms with E-state index >= 15 is 0 Å². The van der Waals surface area contributed by atoms with E-state index in [0.29, 0.717) is 0 Å². The van der Waals surface area contributed by atoms with Crippen molar-refractivity contribution in [3.63, 3.8) is 0 Å². The number of carbonyl (C=O) groups is 1. The summed E-state index contributed by atoms with van der Waals surface area (Å²) in [5.41, 5.74) is 3.92. The Balaban J connectivity index is 2.18. The van der Waals surface area contributed by atoms with Gasteiger partial charge in [-0.25, -0.2) is 9.37 Å². The van der Waals surface area contributed by atoms with E-state index in [-0.39, 0.29) is 16.9 Å². The smallest absolute Gasteiger partial charge is 0.396 e. The third-order valence-corrected chi connectivity index (χ3v) is 2.61. The molecule has 3 N–H and O–H groups in total. The van der Waals surface area contributed by atoms with Gasteiger partial charge in [0.15, 0.2) is 0 Å². The van der Waals surface area contributed by atoms with Gasteiger partial charge in [0, 0.05) is 0 Å². The third-order valence-electron chi connectivity index (χ3n) is 2.61. The number of hydrogen-bond donors (Lipinski definition) is 2. The third kappa shape index (κ3) is 3.28. The summed E-state index contributed by atoms with van der Waals surface area (Å²) in [7, 11) is 0.